The number of hydrogen-bond donors (Lipinski definition) is 0. The summed E-state index contributed by atoms with van der Waals surface area (Å²) < 4.78 is 5.97. The van der Waals surface area contributed by atoms with Crippen molar-refractivity contribution in [3.8, 4) is 0 Å². The monoisotopic (exact) mass is 335 g/mol. The number of benzene rings is 1. The largest absolute Gasteiger partial charge is 0.450 e. The fraction of sp³-hybridized carbons (Fsp3) is 0.632. The number of amides is 1. The zero-order valence-corrected chi connectivity index (χ0v) is 16.8. The molecule has 0 unspecified atom stereocenters. The first-order chi connectivity index (χ1) is 10.6. The van der Waals surface area contributed by atoms with E-state index in [-0.39, 0.29) is 23.9 Å². The van der Waals surface area contributed by atoms with E-state index in [1.165, 1.54) is 5.56 Å². The maximum absolute atomic E-state index is 12.6. The third-order valence-corrected chi connectivity index (χ3v) is 6.41. The van der Waals surface area contributed by atoms with Gasteiger partial charge in [0.1, 0.15) is 0 Å². The first-order valence-electron chi connectivity index (χ1n) is 8.65. The average Bonchev–Trinajstić information content (AvgIpc) is 2.42. The highest BCUT2D eigenvalue weighted by atomic mass is 28.3. The molecule has 1 aromatic rings. The van der Waals surface area contributed by atoms with Gasteiger partial charge < -0.3 is 9.64 Å². The van der Waals surface area contributed by atoms with Gasteiger partial charge in [0, 0.05) is 12.1 Å². The van der Waals surface area contributed by atoms with Gasteiger partial charge in [-0.1, -0.05) is 50.0 Å². The molecule has 0 radical (unpaired) electrons. The van der Waals surface area contributed by atoms with Crippen LogP contribution in [0.1, 0.15) is 39.7 Å². The van der Waals surface area contributed by atoms with Crippen LogP contribution < -0.4 is 0 Å². The zero-order valence-electron chi connectivity index (χ0n) is 15.8. The molecule has 0 aromatic heterocycles. The van der Waals surface area contributed by atoms with Crippen molar-refractivity contribution >= 4 is 14.2 Å². The smallest absolute Gasteiger partial charge is 0.410 e. The molecular weight excluding hydrogens is 302 g/mol. The van der Waals surface area contributed by atoms with Crippen molar-refractivity contribution in [3.05, 3.63) is 35.9 Å². The van der Waals surface area contributed by atoms with Crippen molar-refractivity contribution in [2.45, 2.75) is 78.0 Å². The number of carbonyl (C=O) groups excluding carboxylic acids is 1. The number of aryl methyl sites for hydroxylation is 1. The van der Waals surface area contributed by atoms with Gasteiger partial charge in [-0.3, -0.25) is 0 Å². The molecule has 0 aliphatic rings. The molecule has 4 heteroatoms. The maximum Gasteiger partial charge on any atom is 0.410 e. The van der Waals surface area contributed by atoms with E-state index in [4.69, 9.17) is 4.74 Å². The van der Waals surface area contributed by atoms with Gasteiger partial charge in [0.05, 0.1) is 13.8 Å². The van der Waals surface area contributed by atoms with E-state index in [9.17, 15) is 4.79 Å². The highest BCUT2D eigenvalue weighted by Gasteiger charge is 2.32. The van der Waals surface area contributed by atoms with Gasteiger partial charge in [0.2, 0.25) is 0 Å². The van der Waals surface area contributed by atoms with Gasteiger partial charge in [-0.05, 0) is 46.1 Å². The van der Waals surface area contributed by atoms with Gasteiger partial charge >= 0.3 is 6.09 Å². The lowest BCUT2D eigenvalue weighted by molar-refractivity contribution is 0.0640. The van der Waals surface area contributed by atoms with Crippen molar-refractivity contribution in [1.82, 2.24) is 4.90 Å². The summed E-state index contributed by atoms with van der Waals surface area (Å²) in [6, 6.07) is 10.7. The lowest BCUT2D eigenvalue weighted by Gasteiger charge is -2.35. The summed E-state index contributed by atoms with van der Waals surface area (Å²) in [6.45, 7) is 15.0. The van der Waals surface area contributed by atoms with Crippen LogP contribution in [0.25, 0.3) is 0 Å². The Bertz CT molecular complexity index is 472. The van der Waals surface area contributed by atoms with Crippen molar-refractivity contribution in [2.75, 3.05) is 0 Å². The molecule has 0 saturated heterocycles. The van der Waals surface area contributed by atoms with Gasteiger partial charge in [-0.2, -0.15) is 0 Å². The van der Waals surface area contributed by atoms with E-state index < -0.39 is 8.07 Å². The standard InChI is InChI=1S/C19H33NO2Si/c1-15(2)20(16(3)4)19(21)22-18(23(5,6)7)14-13-17-11-9-8-10-12-17/h8-12,15-16,18H,13-14H2,1-7H3/t18-/m0/s1. The zero-order chi connectivity index (χ0) is 17.6. The Morgan fingerprint density at radius 1 is 1.04 bits per heavy atom. The molecule has 0 aliphatic carbocycles. The molecule has 0 saturated carbocycles. The number of ether oxygens (including phenoxy) is 1. The molecule has 23 heavy (non-hydrogen) atoms. The summed E-state index contributed by atoms with van der Waals surface area (Å²) in [7, 11) is -1.59. The van der Waals surface area contributed by atoms with Crippen LogP contribution in [0.3, 0.4) is 0 Å². The SMILES string of the molecule is CC(C)N(C(=O)O[C@H](CCc1ccccc1)[Si](C)(C)C)C(C)C. The summed E-state index contributed by atoms with van der Waals surface area (Å²) in [5.74, 6) is 0. The van der Waals surface area contributed by atoms with E-state index in [2.05, 4.69) is 43.9 Å². The molecule has 1 amide bonds. The van der Waals surface area contributed by atoms with Crippen LogP contribution in [0, 0.1) is 0 Å². The van der Waals surface area contributed by atoms with Crippen molar-refractivity contribution in [1.29, 1.82) is 0 Å². The quantitative estimate of drug-likeness (QED) is 0.647. The lowest BCUT2D eigenvalue weighted by Crippen LogP contribution is -2.48. The van der Waals surface area contributed by atoms with E-state index >= 15 is 0 Å². The van der Waals surface area contributed by atoms with Crippen LogP contribution in [0.4, 0.5) is 4.79 Å². The van der Waals surface area contributed by atoms with E-state index in [1.807, 2.05) is 38.7 Å². The van der Waals surface area contributed by atoms with E-state index in [0.717, 1.165) is 12.8 Å². The third-order valence-electron chi connectivity index (χ3n) is 4.07. The van der Waals surface area contributed by atoms with Crippen LogP contribution in [-0.2, 0) is 11.2 Å². The van der Waals surface area contributed by atoms with E-state index in [1.54, 1.807) is 0 Å². The Balaban J connectivity index is 2.77. The fourth-order valence-electron chi connectivity index (χ4n) is 2.81. The average molecular weight is 336 g/mol. The summed E-state index contributed by atoms with van der Waals surface area (Å²) in [5, 5.41) is 0. The van der Waals surface area contributed by atoms with Gasteiger partial charge in [-0.15, -0.1) is 0 Å². The number of carbonyl (C=O) groups is 1. The van der Waals surface area contributed by atoms with E-state index in [0.29, 0.717) is 0 Å². The van der Waals surface area contributed by atoms with Crippen LogP contribution in [-0.4, -0.2) is 36.9 Å². The normalized spacial score (nSPS) is 13.3. The fourth-order valence-corrected chi connectivity index (χ4v) is 4.28. The molecule has 0 spiro atoms. The predicted molar refractivity (Wildman–Crippen MR) is 100 cm³/mol. The predicted octanol–water partition coefficient (Wildman–Crippen LogP) is 5.12. The Labute approximate surface area is 143 Å². The Morgan fingerprint density at radius 3 is 2.00 bits per heavy atom. The molecule has 1 rings (SSSR count). The Morgan fingerprint density at radius 2 is 1.57 bits per heavy atom. The summed E-state index contributed by atoms with van der Waals surface area (Å²) in [5.41, 5.74) is 1.34. The summed E-state index contributed by atoms with van der Waals surface area (Å²) in [4.78, 5) is 14.4. The lowest BCUT2D eigenvalue weighted by atomic mass is 10.1. The minimum Gasteiger partial charge on any atom is -0.450 e. The second-order valence-electron chi connectivity index (χ2n) is 7.86. The molecule has 1 atom stereocenters. The van der Waals surface area contributed by atoms with Crippen LogP contribution in [0.2, 0.25) is 19.6 Å². The van der Waals surface area contributed by atoms with Crippen molar-refractivity contribution < 1.29 is 9.53 Å². The first kappa shape index (κ1) is 19.8. The number of nitrogens with zero attached hydrogens (tertiary/aromatic N) is 1. The molecule has 0 N–H and O–H groups in total. The minimum atomic E-state index is -1.59. The molecule has 0 fully saturated rings. The molecule has 0 bridgehead atoms. The van der Waals surface area contributed by atoms with Crippen LogP contribution in [0.15, 0.2) is 30.3 Å². The molecular formula is C19H33NO2Si. The van der Waals surface area contributed by atoms with Crippen LogP contribution in [0.5, 0.6) is 0 Å². The third kappa shape index (κ3) is 6.38. The Hall–Kier alpha value is -1.29. The molecule has 1 aromatic carbocycles. The molecule has 0 aliphatic heterocycles. The van der Waals surface area contributed by atoms with Gasteiger partial charge in [-0.25, -0.2) is 4.79 Å². The summed E-state index contributed by atoms with van der Waals surface area (Å²) >= 11 is 0. The highest BCUT2D eigenvalue weighted by molar-refractivity contribution is 6.77. The van der Waals surface area contributed by atoms with Gasteiger partial charge in [0.25, 0.3) is 0 Å². The number of rotatable bonds is 7. The maximum atomic E-state index is 12.6. The van der Waals surface area contributed by atoms with Gasteiger partial charge in [0.15, 0.2) is 0 Å². The topological polar surface area (TPSA) is 29.5 Å². The van der Waals surface area contributed by atoms with Crippen molar-refractivity contribution in [3.63, 3.8) is 0 Å². The molecule has 130 valence electrons. The second-order valence-corrected chi connectivity index (χ2v) is 13.2. The Kier molecular flexibility index (Phi) is 7.32. The number of hydrogen-bond acceptors (Lipinski definition) is 2. The molecule has 3 nitrogen and oxygen atoms in total. The summed E-state index contributed by atoms with van der Waals surface area (Å²) in [6.07, 6.45) is 1.68. The highest BCUT2D eigenvalue weighted by Crippen LogP contribution is 2.20. The minimum absolute atomic E-state index is 0.0372. The van der Waals surface area contributed by atoms with Crippen molar-refractivity contribution in [2.24, 2.45) is 0 Å². The first-order valence-corrected chi connectivity index (χ1v) is 12.2. The molecule has 0 heterocycles. The second kappa shape index (κ2) is 8.53. The van der Waals surface area contributed by atoms with Crippen LogP contribution >= 0.6 is 0 Å².